The van der Waals surface area contributed by atoms with Crippen LogP contribution in [-0.4, -0.2) is 13.5 Å². The van der Waals surface area contributed by atoms with E-state index < -0.39 is 6.86 Å². The van der Waals surface area contributed by atoms with Gasteiger partial charge in [-0.1, -0.05) is 26.2 Å². The Kier molecular flexibility index (Phi) is 7.79. The Morgan fingerprint density at radius 2 is 2.00 bits per heavy atom. The smallest absolute Gasteiger partial charge is 0.188 e. The number of alkyl halides is 1. The van der Waals surface area contributed by atoms with Crippen molar-refractivity contribution in [3.8, 4) is 0 Å². The summed E-state index contributed by atoms with van der Waals surface area (Å²) in [5.74, 6) is 0. The van der Waals surface area contributed by atoms with Crippen molar-refractivity contribution in [2.75, 3.05) is 13.5 Å². The summed E-state index contributed by atoms with van der Waals surface area (Å²) in [6, 6.07) is 0. The standard InChI is InChI=1S/C7H15FO/c1-2-3-4-5-6-9-7-8/h2-7H2,1H3. The van der Waals surface area contributed by atoms with Gasteiger partial charge < -0.3 is 4.74 Å². The first-order valence-electron chi connectivity index (χ1n) is 3.55. The average Bonchev–Trinajstić information content (AvgIpc) is 1.89. The molecular weight excluding hydrogens is 119 g/mol. The molecule has 0 fully saturated rings. The molecule has 0 aliphatic carbocycles. The molecule has 0 spiro atoms. The summed E-state index contributed by atoms with van der Waals surface area (Å²) in [6.07, 6.45) is 4.61. The van der Waals surface area contributed by atoms with E-state index in [0.29, 0.717) is 6.61 Å². The molecule has 0 unspecified atom stereocenters. The van der Waals surface area contributed by atoms with E-state index in [1.807, 2.05) is 0 Å². The van der Waals surface area contributed by atoms with Gasteiger partial charge in [0.1, 0.15) is 0 Å². The number of hydrogen-bond donors (Lipinski definition) is 0. The van der Waals surface area contributed by atoms with E-state index in [2.05, 4.69) is 11.7 Å². The summed E-state index contributed by atoms with van der Waals surface area (Å²) in [5.41, 5.74) is 0. The second kappa shape index (κ2) is 7.89. The predicted molar refractivity (Wildman–Crippen MR) is 36.1 cm³/mol. The first-order valence-corrected chi connectivity index (χ1v) is 3.55. The molecule has 2 heteroatoms. The zero-order chi connectivity index (χ0) is 6.95. The van der Waals surface area contributed by atoms with E-state index in [9.17, 15) is 4.39 Å². The van der Waals surface area contributed by atoms with Gasteiger partial charge >= 0.3 is 0 Å². The zero-order valence-electron chi connectivity index (χ0n) is 6.03. The van der Waals surface area contributed by atoms with Crippen molar-refractivity contribution in [3.63, 3.8) is 0 Å². The highest BCUT2D eigenvalue weighted by atomic mass is 19.1. The van der Waals surface area contributed by atoms with Crippen molar-refractivity contribution in [1.29, 1.82) is 0 Å². The predicted octanol–water partition coefficient (Wildman–Crippen LogP) is 2.51. The van der Waals surface area contributed by atoms with Crippen LogP contribution in [0.25, 0.3) is 0 Å². The molecule has 0 saturated heterocycles. The molecule has 0 amide bonds. The Bertz CT molecular complexity index is 42.2. The van der Waals surface area contributed by atoms with Gasteiger partial charge in [0.05, 0.1) is 0 Å². The van der Waals surface area contributed by atoms with E-state index >= 15 is 0 Å². The molecule has 0 saturated carbocycles. The fraction of sp³-hybridized carbons (Fsp3) is 1.00. The van der Waals surface area contributed by atoms with Crippen LogP contribution in [0.5, 0.6) is 0 Å². The van der Waals surface area contributed by atoms with E-state index in [1.165, 1.54) is 12.8 Å². The maximum absolute atomic E-state index is 11.3. The first-order chi connectivity index (χ1) is 4.41. The maximum Gasteiger partial charge on any atom is 0.188 e. The molecule has 0 aromatic carbocycles. The Balaban J connectivity index is 2.60. The summed E-state index contributed by atoms with van der Waals surface area (Å²) >= 11 is 0. The van der Waals surface area contributed by atoms with E-state index in [0.717, 1.165) is 12.8 Å². The van der Waals surface area contributed by atoms with Crippen LogP contribution in [0, 0.1) is 0 Å². The lowest BCUT2D eigenvalue weighted by atomic mass is 10.2. The van der Waals surface area contributed by atoms with Crippen LogP contribution in [-0.2, 0) is 4.74 Å². The molecular formula is C7H15FO. The van der Waals surface area contributed by atoms with E-state index in [-0.39, 0.29) is 0 Å². The highest BCUT2D eigenvalue weighted by Crippen LogP contribution is 1.98. The molecule has 0 aromatic heterocycles. The topological polar surface area (TPSA) is 9.23 Å². The lowest BCUT2D eigenvalue weighted by Crippen LogP contribution is -1.91. The molecule has 0 rings (SSSR count). The number of rotatable bonds is 6. The van der Waals surface area contributed by atoms with Gasteiger partial charge in [0, 0.05) is 6.61 Å². The van der Waals surface area contributed by atoms with Gasteiger partial charge in [-0.2, -0.15) is 0 Å². The lowest BCUT2D eigenvalue weighted by molar-refractivity contribution is 0.0555. The minimum atomic E-state index is -0.633. The number of hydrogen-bond acceptors (Lipinski definition) is 1. The van der Waals surface area contributed by atoms with Crippen molar-refractivity contribution in [2.45, 2.75) is 32.6 Å². The average molecular weight is 134 g/mol. The Morgan fingerprint density at radius 3 is 2.56 bits per heavy atom. The van der Waals surface area contributed by atoms with Crippen LogP contribution in [0.15, 0.2) is 0 Å². The summed E-state index contributed by atoms with van der Waals surface area (Å²) in [6.45, 7) is 2.10. The third kappa shape index (κ3) is 7.89. The number of halogens is 1. The second-order valence-corrected chi connectivity index (χ2v) is 2.08. The third-order valence-electron chi connectivity index (χ3n) is 1.22. The lowest BCUT2D eigenvalue weighted by Gasteiger charge is -1.96. The maximum atomic E-state index is 11.3. The SMILES string of the molecule is CCCCCCOCF. The molecule has 0 aromatic rings. The molecule has 0 heterocycles. The minimum Gasteiger partial charge on any atom is -0.350 e. The van der Waals surface area contributed by atoms with Gasteiger partial charge in [-0.15, -0.1) is 0 Å². The summed E-state index contributed by atoms with van der Waals surface area (Å²) in [4.78, 5) is 0. The van der Waals surface area contributed by atoms with Gasteiger partial charge in [-0.05, 0) is 6.42 Å². The van der Waals surface area contributed by atoms with Gasteiger partial charge in [0.25, 0.3) is 0 Å². The molecule has 1 nitrogen and oxygen atoms in total. The van der Waals surface area contributed by atoms with Crippen molar-refractivity contribution >= 4 is 0 Å². The monoisotopic (exact) mass is 134 g/mol. The summed E-state index contributed by atoms with van der Waals surface area (Å²) in [7, 11) is 0. The third-order valence-corrected chi connectivity index (χ3v) is 1.22. The van der Waals surface area contributed by atoms with Gasteiger partial charge in [0.15, 0.2) is 6.86 Å². The van der Waals surface area contributed by atoms with Crippen LogP contribution in [0.1, 0.15) is 32.6 Å². The van der Waals surface area contributed by atoms with Gasteiger partial charge in [-0.3, -0.25) is 0 Å². The fourth-order valence-corrected chi connectivity index (χ4v) is 0.685. The van der Waals surface area contributed by atoms with Crippen LogP contribution in [0.4, 0.5) is 4.39 Å². The quantitative estimate of drug-likeness (QED) is 0.507. The fourth-order valence-electron chi connectivity index (χ4n) is 0.685. The van der Waals surface area contributed by atoms with Crippen molar-refractivity contribution in [1.82, 2.24) is 0 Å². The molecule has 56 valence electrons. The second-order valence-electron chi connectivity index (χ2n) is 2.08. The van der Waals surface area contributed by atoms with Crippen molar-refractivity contribution in [2.24, 2.45) is 0 Å². The number of unbranched alkanes of at least 4 members (excludes halogenated alkanes) is 3. The Morgan fingerprint density at radius 1 is 1.22 bits per heavy atom. The molecule has 9 heavy (non-hydrogen) atoms. The Hall–Kier alpha value is -0.110. The molecule has 0 aliphatic rings. The highest BCUT2D eigenvalue weighted by molar-refractivity contribution is 4.37. The van der Waals surface area contributed by atoms with Crippen LogP contribution >= 0.6 is 0 Å². The number of ether oxygens (including phenoxy) is 1. The molecule has 0 radical (unpaired) electrons. The Labute approximate surface area is 56.2 Å². The highest BCUT2D eigenvalue weighted by Gasteiger charge is 1.86. The normalized spacial score (nSPS) is 10.0. The molecule has 0 atom stereocenters. The summed E-state index contributed by atoms with van der Waals surface area (Å²) < 4.78 is 15.8. The van der Waals surface area contributed by atoms with Gasteiger partial charge in [-0.25, -0.2) is 4.39 Å². The minimum absolute atomic E-state index is 0.580. The zero-order valence-corrected chi connectivity index (χ0v) is 6.03. The van der Waals surface area contributed by atoms with Gasteiger partial charge in [0.2, 0.25) is 0 Å². The summed E-state index contributed by atoms with van der Waals surface area (Å²) in [5, 5.41) is 0. The van der Waals surface area contributed by atoms with Crippen LogP contribution in [0.2, 0.25) is 0 Å². The van der Waals surface area contributed by atoms with Crippen molar-refractivity contribution in [3.05, 3.63) is 0 Å². The first kappa shape index (κ1) is 8.89. The molecule has 0 bridgehead atoms. The molecule has 0 N–H and O–H groups in total. The molecule has 0 aliphatic heterocycles. The van der Waals surface area contributed by atoms with E-state index in [1.54, 1.807) is 0 Å². The van der Waals surface area contributed by atoms with Crippen LogP contribution in [0.3, 0.4) is 0 Å². The van der Waals surface area contributed by atoms with Crippen LogP contribution < -0.4 is 0 Å². The van der Waals surface area contributed by atoms with Crippen molar-refractivity contribution < 1.29 is 9.13 Å². The van der Waals surface area contributed by atoms with E-state index in [4.69, 9.17) is 0 Å². The largest absolute Gasteiger partial charge is 0.350 e.